The lowest BCUT2D eigenvalue weighted by Crippen LogP contribution is -2.45. The SMILES string of the molecule is CCCCCCCCOCC(NCCC)C(N)=O. The van der Waals surface area contributed by atoms with Crippen LogP contribution in [-0.4, -0.2) is 31.7 Å². The third-order valence-electron chi connectivity index (χ3n) is 2.91. The van der Waals surface area contributed by atoms with Gasteiger partial charge in [-0.1, -0.05) is 46.0 Å². The van der Waals surface area contributed by atoms with Crippen molar-refractivity contribution in [2.24, 2.45) is 5.73 Å². The van der Waals surface area contributed by atoms with E-state index in [-0.39, 0.29) is 11.9 Å². The van der Waals surface area contributed by atoms with Gasteiger partial charge >= 0.3 is 0 Å². The van der Waals surface area contributed by atoms with Gasteiger partial charge in [0.15, 0.2) is 0 Å². The number of carbonyl (C=O) groups is 1. The molecular weight excluding hydrogens is 228 g/mol. The van der Waals surface area contributed by atoms with Gasteiger partial charge < -0.3 is 15.8 Å². The molecule has 0 aliphatic heterocycles. The Morgan fingerprint density at radius 2 is 1.78 bits per heavy atom. The largest absolute Gasteiger partial charge is 0.379 e. The molecule has 0 aliphatic carbocycles. The molecule has 0 saturated carbocycles. The minimum absolute atomic E-state index is 0.327. The lowest BCUT2D eigenvalue weighted by atomic mass is 10.1. The van der Waals surface area contributed by atoms with Crippen LogP contribution in [0.3, 0.4) is 0 Å². The van der Waals surface area contributed by atoms with Gasteiger partial charge in [-0.05, 0) is 19.4 Å². The van der Waals surface area contributed by atoms with Crippen molar-refractivity contribution in [2.45, 2.75) is 64.8 Å². The summed E-state index contributed by atoms with van der Waals surface area (Å²) in [4.78, 5) is 11.1. The summed E-state index contributed by atoms with van der Waals surface area (Å²) in [5.41, 5.74) is 5.29. The summed E-state index contributed by atoms with van der Waals surface area (Å²) in [6.07, 6.45) is 8.47. The Morgan fingerprint density at radius 3 is 2.39 bits per heavy atom. The maximum atomic E-state index is 11.1. The first kappa shape index (κ1) is 17.4. The molecule has 0 heterocycles. The highest BCUT2D eigenvalue weighted by molar-refractivity contribution is 5.79. The Balaban J connectivity index is 3.40. The van der Waals surface area contributed by atoms with E-state index in [9.17, 15) is 4.79 Å². The van der Waals surface area contributed by atoms with Gasteiger partial charge in [-0.2, -0.15) is 0 Å². The molecule has 4 nitrogen and oxygen atoms in total. The van der Waals surface area contributed by atoms with Crippen molar-refractivity contribution in [3.63, 3.8) is 0 Å². The quantitative estimate of drug-likeness (QED) is 0.498. The number of primary amides is 1. The van der Waals surface area contributed by atoms with Crippen LogP contribution in [0.2, 0.25) is 0 Å². The zero-order valence-corrected chi connectivity index (χ0v) is 12.0. The first-order valence-electron chi connectivity index (χ1n) is 7.32. The molecule has 0 spiro atoms. The van der Waals surface area contributed by atoms with Crippen LogP contribution < -0.4 is 11.1 Å². The van der Waals surface area contributed by atoms with Crippen LogP contribution in [0.5, 0.6) is 0 Å². The highest BCUT2D eigenvalue weighted by Crippen LogP contribution is 2.04. The highest BCUT2D eigenvalue weighted by Gasteiger charge is 2.13. The Bertz CT molecular complexity index is 198. The second-order valence-electron chi connectivity index (χ2n) is 4.75. The Labute approximate surface area is 112 Å². The van der Waals surface area contributed by atoms with E-state index in [0.717, 1.165) is 26.0 Å². The molecule has 18 heavy (non-hydrogen) atoms. The second kappa shape index (κ2) is 12.8. The van der Waals surface area contributed by atoms with Gasteiger partial charge in [0.1, 0.15) is 6.04 Å². The number of unbranched alkanes of at least 4 members (excludes halogenated alkanes) is 5. The molecule has 0 saturated heterocycles. The molecule has 0 aromatic heterocycles. The molecule has 0 aliphatic rings. The number of ether oxygens (including phenoxy) is 1. The zero-order valence-electron chi connectivity index (χ0n) is 12.0. The van der Waals surface area contributed by atoms with Crippen molar-refractivity contribution >= 4 is 5.91 Å². The number of nitrogens with two attached hydrogens (primary N) is 1. The first-order valence-corrected chi connectivity index (χ1v) is 7.32. The topological polar surface area (TPSA) is 64.3 Å². The molecule has 4 heteroatoms. The van der Waals surface area contributed by atoms with E-state index in [2.05, 4.69) is 19.2 Å². The van der Waals surface area contributed by atoms with Gasteiger partial charge in [0.25, 0.3) is 0 Å². The van der Waals surface area contributed by atoms with Gasteiger partial charge in [0.2, 0.25) is 5.91 Å². The number of hydrogen-bond donors (Lipinski definition) is 2. The van der Waals surface area contributed by atoms with Gasteiger partial charge in [-0.15, -0.1) is 0 Å². The standard InChI is InChI=1S/C14H30N2O2/c1-3-5-6-7-8-9-11-18-12-13(14(15)17)16-10-4-2/h13,16H,3-12H2,1-2H3,(H2,15,17). The molecular formula is C14H30N2O2. The third-order valence-corrected chi connectivity index (χ3v) is 2.91. The van der Waals surface area contributed by atoms with Crippen molar-refractivity contribution < 1.29 is 9.53 Å². The Hall–Kier alpha value is -0.610. The average Bonchev–Trinajstić information content (AvgIpc) is 2.35. The van der Waals surface area contributed by atoms with Crippen LogP contribution in [0, 0.1) is 0 Å². The molecule has 1 amide bonds. The van der Waals surface area contributed by atoms with Crippen LogP contribution in [0.15, 0.2) is 0 Å². The van der Waals surface area contributed by atoms with Gasteiger partial charge in [0.05, 0.1) is 6.61 Å². The zero-order chi connectivity index (χ0) is 13.6. The number of hydrogen-bond acceptors (Lipinski definition) is 3. The van der Waals surface area contributed by atoms with Crippen LogP contribution in [0.1, 0.15) is 58.8 Å². The van der Waals surface area contributed by atoms with Crippen LogP contribution in [0.25, 0.3) is 0 Å². The molecule has 0 aromatic carbocycles. The van der Waals surface area contributed by atoms with Crippen LogP contribution in [-0.2, 0) is 9.53 Å². The Morgan fingerprint density at radius 1 is 1.11 bits per heavy atom. The maximum absolute atomic E-state index is 11.1. The summed E-state index contributed by atoms with van der Waals surface area (Å²) >= 11 is 0. The summed E-state index contributed by atoms with van der Waals surface area (Å²) in [7, 11) is 0. The van der Waals surface area contributed by atoms with E-state index in [0.29, 0.717) is 6.61 Å². The smallest absolute Gasteiger partial charge is 0.236 e. The van der Waals surface area contributed by atoms with Crippen molar-refractivity contribution in [3.8, 4) is 0 Å². The van der Waals surface area contributed by atoms with E-state index in [1.54, 1.807) is 0 Å². The van der Waals surface area contributed by atoms with Crippen LogP contribution in [0.4, 0.5) is 0 Å². The van der Waals surface area contributed by atoms with Crippen LogP contribution >= 0.6 is 0 Å². The fraction of sp³-hybridized carbons (Fsp3) is 0.929. The number of carbonyl (C=O) groups excluding carboxylic acids is 1. The molecule has 0 radical (unpaired) electrons. The van der Waals surface area contributed by atoms with E-state index in [1.165, 1.54) is 32.1 Å². The molecule has 0 aromatic rings. The van der Waals surface area contributed by atoms with E-state index < -0.39 is 0 Å². The Kier molecular flexibility index (Phi) is 12.4. The number of rotatable bonds is 13. The van der Waals surface area contributed by atoms with Gasteiger partial charge in [-0.25, -0.2) is 0 Å². The highest BCUT2D eigenvalue weighted by atomic mass is 16.5. The molecule has 0 fully saturated rings. The molecule has 1 unspecified atom stereocenters. The third kappa shape index (κ3) is 10.5. The van der Waals surface area contributed by atoms with Crippen molar-refractivity contribution in [2.75, 3.05) is 19.8 Å². The van der Waals surface area contributed by atoms with E-state index in [1.807, 2.05) is 0 Å². The lowest BCUT2D eigenvalue weighted by Gasteiger charge is -2.15. The second-order valence-corrected chi connectivity index (χ2v) is 4.75. The fourth-order valence-corrected chi connectivity index (χ4v) is 1.75. The lowest BCUT2D eigenvalue weighted by molar-refractivity contribution is -0.121. The minimum Gasteiger partial charge on any atom is -0.379 e. The number of nitrogens with one attached hydrogen (secondary N) is 1. The summed E-state index contributed by atoms with van der Waals surface area (Å²) < 4.78 is 5.50. The molecule has 0 bridgehead atoms. The normalized spacial score (nSPS) is 12.6. The average molecular weight is 258 g/mol. The summed E-state index contributed by atoms with van der Waals surface area (Å²) in [5.74, 6) is -0.327. The molecule has 3 N–H and O–H groups in total. The molecule has 0 rings (SSSR count). The summed E-state index contributed by atoms with van der Waals surface area (Å²) in [5, 5.41) is 3.09. The van der Waals surface area contributed by atoms with Crippen molar-refractivity contribution in [1.29, 1.82) is 0 Å². The molecule has 108 valence electrons. The fourth-order valence-electron chi connectivity index (χ4n) is 1.75. The van der Waals surface area contributed by atoms with Crippen molar-refractivity contribution in [1.82, 2.24) is 5.32 Å². The molecule has 1 atom stereocenters. The monoisotopic (exact) mass is 258 g/mol. The minimum atomic E-state index is -0.343. The predicted octanol–water partition coefficient (Wildman–Crippen LogP) is 2.22. The first-order chi connectivity index (χ1) is 8.72. The van der Waals surface area contributed by atoms with Gasteiger partial charge in [0, 0.05) is 6.61 Å². The summed E-state index contributed by atoms with van der Waals surface area (Å²) in [6.45, 7) is 6.20. The van der Waals surface area contributed by atoms with E-state index in [4.69, 9.17) is 10.5 Å². The maximum Gasteiger partial charge on any atom is 0.236 e. The number of amides is 1. The predicted molar refractivity (Wildman–Crippen MR) is 75.5 cm³/mol. The summed E-state index contributed by atoms with van der Waals surface area (Å²) in [6, 6.07) is -0.343. The van der Waals surface area contributed by atoms with Gasteiger partial charge in [-0.3, -0.25) is 4.79 Å². The van der Waals surface area contributed by atoms with E-state index >= 15 is 0 Å². The van der Waals surface area contributed by atoms with Crippen molar-refractivity contribution in [3.05, 3.63) is 0 Å².